The maximum Gasteiger partial charge on any atom is 0.242 e. The number of nitrogens with zero attached hydrogens (tertiary/aromatic N) is 1. The molecule has 0 saturated carbocycles. The second-order valence-electron chi connectivity index (χ2n) is 6.44. The lowest BCUT2D eigenvalue weighted by molar-refractivity contribution is -0.126. The van der Waals surface area contributed by atoms with Crippen LogP contribution in [0.15, 0.2) is 18.2 Å². The molecule has 1 aromatic carbocycles. The predicted molar refractivity (Wildman–Crippen MR) is 84.0 cm³/mol. The van der Waals surface area contributed by atoms with E-state index in [1.54, 1.807) is 0 Å². The summed E-state index contributed by atoms with van der Waals surface area (Å²) in [6.45, 7) is 1.46. The largest absolute Gasteiger partial charge is 0.350 e. The van der Waals surface area contributed by atoms with Crippen molar-refractivity contribution in [3.63, 3.8) is 0 Å². The Kier molecular flexibility index (Phi) is 5.08. The number of benzene rings is 1. The number of hydrogen-bond donors (Lipinski definition) is 2. The number of halogens is 2. The molecule has 3 rings (SSSR count). The fraction of sp³-hybridized carbons (Fsp3) is 0.529. The van der Waals surface area contributed by atoms with Gasteiger partial charge < -0.3 is 10.6 Å². The zero-order valence-corrected chi connectivity index (χ0v) is 13.4. The molecule has 0 unspecified atom stereocenters. The number of amides is 2. The van der Waals surface area contributed by atoms with Crippen LogP contribution in [0.25, 0.3) is 0 Å². The fourth-order valence-corrected chi connectivity index (χ4v) is 3.34. The Balaban J connectivity index is 1.56. The van der Waals surface area contributed by atoms with Crippen LogP contribution in [0.1, 0.15) is 31.2 Å². The van der Waals surface area contributed by atoms with E-state index in [9.17, 15) is 18.4 Å². The minimum absolute atomic E-state index is 0.0625. The Morgan fingerprint density at radius 2 is 2.04 bits per heavy atom. The van der Waals surface area contributed by atoms with Crippen LogP contribution in [0, 0.1) is 11.6 Å². The van der Waals surface area contributed by atoms with E-state index in [1.165, 1.54) is 18.2 Å². The van der Waals surface area contributed by atoms with Crippen molar-refractivity contribution in [3.05, 3.63) is 35.4 Å². The molecule has 0 spiro atoms. The Morgan fingerprint density at radius 3 is 2.71 bits per heavy atom. The van der Waals surface area contributed by atoms with Gasteiger partial charge >= 0.3 is 0 Å². The average molecular weight is 337 g/mol. The van der Waals surface area contributed by atoms with Crippen molar-refractivity contribution in [2.45, 2.75) is 44.3 Å². The van der Waals surface area contributed by atoms with Gasteiger partial charge in [0.2, 0.25) is 11.8 Å². The van der Waals surface area contributed by atoms with Gasteiger partial charge in [0.25, 0.3) is 0 Å². The van der Waals surface area contributed by atoms with Crippen LogP contribution in [-0.2, 0) is 16.1 Å². The standard InChI is InChI=1S/C17H21F2N3O2/c18-13-4-1-5-14(19)12(13)10-22-8-2-3-11(9-22)20-17(24)15-6-7-16(23)21-15/h1,4-5,11,15H,2-3,6-10H2,(H,20,24)(H,21,23)/t11-,15-/m0/s1. The molecule has 2 atom stereocenters. The van der Waals surface area contributed by atoms with Gasteiger partial charge in [0.05, 0.1) is 0 Å². The van der Waals surface area contributed by atoms with E-state index in [-0.39, 0.29) is 30.0 Å². The molecule has 2 aliphatic heterocycles. The molecule has 2 amide bonds. The zero-order chi connectivity index (χ0) is 17.1. The van der Waals surface area contributed by atoms with Gasteiger partial charge in [-0.15, -0.1) is 0 Å². The predicted octanol–water partition coefficient (Wildman–Crippen LogP) is 1.32. The molecule has 2 heterocycles. The lowest BCUT2D eigenvalue weighted by Crippen LogP contribution is -2.51. The normalized spacial score (nSPS) is 24.7. The molecule has 0 aromatic heterocycles. The molecular weight excluding hydrogens is 316 g/mol. The van der Waals surface area contributed by atoms with Crippen molar-refractivity contribution in [1.82, 2.24) is 15.5 Å². The second kappa shape index (κ2) is 7.25. The summed E-state index contributed by atoms with van der Waals surface area (Å²) in [6, 6.07) is 3.33. The van der Waals surface area contributed by atoms with Crippen LogP contribution >= 0.6 is 0 Å². The molecule has 2 N–H and O–H groups in total. The zero-order valence-electron chi connectivity index (χ0n) is 13.4. The molecule has 2 fully saturated rings. The molecule has 24 heavy (non-hydrogen) atoms. The maximum absolute atomic E-state index is 13.8. The van der Waals surface area contributed by atoms with E-state index in [0.717, 1.165) is 19.4 Å². The average Bonchev–Trinajstić information content (AvgIpc) is 2.98. The number of carbonyl (C=O) groups is 2. The summed E-state index contributed by atoms with van der Waals surface area (Å²) < 4.78 is 27.6. The minimum atomic E-state index is -0.546. The SMILES string of the molecule is O=C1CC[C@@H](C(=O)N[C@H]2CCCN(Cc3c(F)cccc3F)C2)N1. The third-order valence-electron chi connectivity index (χ3n) is 4.61. The van der Waals surface area contributed by atoms with Crippen molar-refractivity contribution < 1.29 is 18.4 Å². The summed E-state index contributed by atoms with van der Waals surface area (Å²) >= 11 is 0. The highest BCUT2D eigenvalue weighted by Gasteiger charge is 2.30. The highest BCUT2D eigenvalue weighted by molar-refractivity contribution is 5.90. The van der Waals surface area contributed by atoms with Crippen LogP contribution in [0.2, 0.25) is 0 Å². The van der Waals surface area contributed by atoms with Crippen LogP contribution in [0.4, 0.5) is 8.78 Å². The lowest BCUT2D eigenvalue weighted by Gasteiger charge is -2.33. The molecule has 1 aromatic rings. The molecule has 0 aliphatic carbocycles. The number of piperidine rings is 1. The Bertz CT molecular complexity index is 618. The number of carbonyl (C=O) groups excluding carboxylic acids is 2. The Hall–Kier alpha value is -2.02. The minimum Gasteiger partial charge on any atom is -0.350 e. The smallest absolute Gasteiger partial charge is 0.242 e. The molecule has 7 heteroatoms. The van der Waals surface area contributed by atoms with Crippen molar-refractivity contribution in [1.29, 1.82) is 0 Å². The first-order valence-corrected chi connectivity index (χ1v) is 8.28. The highest BCUT2D eigenvalue weighted by Crippen LogP contribution is 2.18. The molecule has 0 bridgehead atoms. The molecular formula is C17H21F2N3O2. The van der Waals surface area contributed by atoms with E-state index in [4.69, 9.17) is 0 Å². The van der Waals surface area contributed by atoms with Crippen LogP contribution in [-0.4, -0.2) is 41.9 Å². The number of rotatable bonds is 4. The first kappa shape index (κ1) is 16.8. The van der Waals surface area contributed by atoms with E-state index >= 15 is 0 Å². The molecule has 2 saturated heterocycles. The van der Waals surface area contributed by atoms with Gasteiger partial charge in [0.1, 0.15) is 17.7 Å². The molecule has 2 aliphatic rings. The van der Waals surface area contributed by atoms with Gasteiger partial charge in [-0.1, -0.05) is 6.07 Å². The van der Waals surface area contributed by atoms with Crippen LogP contribution in [0.3, 0.4) is 0 Å². The quantitative estimate of drug-likeness (QED) is 0.871. The summed E-state index contributed by atoms with van der Waals surface area (Å²) in [6.07, 6.45) is 2.56. The Morgan fingerprint density at radius 1 is 1.29 bits per heavy atom. The summed E-state index contributed by atoms with van der Waals surface area (Å²) in [7, 11) is 0. The van der Waals surface area contributed by atoms with Gasteiger partial charge in [-0.05, 0) is 37.9 Å². The topological polar surface area (TPSA) is 61.4 Å². The second-order valence-corrected chi connectivity index (χ2v) is 6.44. The third-order valence-corrected chi connectivity index (χ3v) is 4.61. The first-order valence-electron chi connectivity index (χ1n) is 8.28. The van der Waals surface area contributed by atoms with Crippen LogP contribution < -0.4 is 10.6 Å². The highest BCUT2D eigenvalue weighted by atomic mass is 19.1. The van der Waals surface area contributed by atoms with Crippen LogP contribution in [0.5, 0.6) is 0 Å². The first-order chi connectivity index (χ1) is 11.5. The summed E-state index contributed by atoms with van der Waals surface area (Å²) in [5, 5.41) is 5.59. The van der Waals surface area contributed by atoms with Gasteiger partial charge in [0.15, 0.2) is 0 Å². The summed E-state index contributed by atoms with van der Waals surface area (Å²) in [5.74, 6) is -1.37. The van der Waals surface area contributed by atoms with Gasteiger partial charge in [-0.25, -0.2) is 8.78 Å². The fourth-order valence-electron chi connectivity index (χ4n) is 3.34. The van der Waals surface area contributed by atoms with E-state index in [1.807, 2.05) is 4.90 Å². The van der Waals surface area contributed by atoms with E-state index in [0.29, 0.717) is 19.4 Å². The van der Waals surface area contributed by atoms with Gasteiger partial charge in [0, 0.05) is 31.1 Å². The molecule has 5 nitrogen and oxygen atoms in total. The monoisotopic (exact) mass is 337 g/mol. The molecule has 0 radical (unpaired) electrons. The van der Waals surface area contributed by atoms with Crippen molar-refractivity contribution in [2.24, 2.45) is 0 Å². The third kappa shape index (κ3) is 3.90. The van der Waals surface area contributed by atoms with E-state index < -0.39 is 17.7 Å². The Labute approximate surface area is 139 Å². The van der Waals surface area contributed by atoms with Crippen molar-refractivity contribution >= 4 is 11.8 Å². The molecule has 130 valence electrons. The number of likely N-dealkylation sites (tertiary alicyclic amines) is 1. The van der Waals surface area contributed by atoms with Gasteiger partial charge in [-0.2, -0.15) is 0 Å². The number of nitrogens with one attached hydrogen (secondary N) is 2. The lowest BCUT2D eigenvalue weighted by atomic mass is 10.0. The van der Waals surface area contributed by atoms with Gasteiger partial charge in [-0.3, -0.25) is 14.5 Å². The van der Waals surface area contributed by atoms with E-state index in [2.05, 4.69) is 10.6 Å². The maximum atomic E-state index is 13.8. The summed E-state index contributed by atoms with van der Waals surface area (Å²) in [4.78, 5) is 25.3. The summed E-state index contributed by atoms with van der Waals surface area (Å²) in [5.41, 5.74) is 0.0625. The van der Waals surface area contributed by atoms with Crippen molar-refractivity contribution in [2.75, 3.05) is 13.1 Å². The van der Waals surface area contributed by atoms with Crippen molar-refractivity contribution in [3.8, 4) is 0 Å². The number of hydrogen-bond acceptors (Lipinski definition) is 3.